The van der Waals surface area contributed by atoms with Crippen molar-refractivity contribution in [2.45, 2.75) is 32.7 Å². The van der Waals surface area contributed by atoms with Gasteiger partial charge in [0.2, 0.25) is 5.88 Å². The lowest BCUT2D eigenvalue weighted by Gasteiger charge is -2.29. The average Bonchev–Trinajstić information content (AvgIpc) is 3.57. The zero-order valence-corrected chi connectivity index (χ0v) is 28.0. The van der Waals surface area contributed by atoms with Crippen LogP contribution in [0.25, 0.3) is 16.8 Å². The van der Waals surface area contributed by atoms with Gasteiger partial charge in [-0.05, 0) is 41.8 Å². The summed E-state index contributed by atoms with van der Waals surface area (Å²) in [5.74, 6) is 0.413. The molecule has 0 fully saturated rings. The first-order valence-corrected chi connectivity index (χ1v) is 16.4. The number of amides is 2. The van der Waals surface area contributed by atoms with Crippen LogP contribution in [0.1, 0.15) is 34.0 Å². The number of methoxy groups -OCH3 is 1. The van der Waals surface area contributed by atoms with Crippen LogP contribution in [-0.4, -0.2) is 51.3 Å². The molecular formula is C38H35FN8O4. The van der Waals surface area contributed by atoms with Crippen molar-refractivity contribution in [2.24, 2.45) is 0 Å². The minimum absolute atomic E-state index is 0.104. The quantitative estimate of drug-likeness (QED) is 0.174. The third-order valence-electron chi connectivity index (χ3n) is 8.41. The van der Waals surface area contributed by atoms with Gasteiger partial charge in [0.25, 0.3) is 5.91 Å². The molecule has 12 nitrogen and oxygen atoms in total. The van der Waals surface area contributed by atoms with Gasteiger partial charge in [0.05, 0.1) is 31.6 Å². The summed E-state index contributed by atoms with van der Waals surface area (Å²) in [5, 5.41) is 13.8. The average molecular weight is 687 g/mol. The molecule has 0 saturated heterocycles. The Morgan fingerprint density at radius 1 is 1.00 bits per heavy atom. The van der Waals surface area contributed by atoms with Gasteiger partial charge in [0, 0.05) is 30.9 Å². The maximum atomic E-state index is 14.6. The Morgan fingerprint density at radius 3 is 2.35 bits per heavy atom. The smallest absolute Gasteiger partial charge is 0.411 e. The van der Waals surface area contributed by atoms with E-state index in [-0.39, 0.29) is 30.4 Å². The second-order valence-electron chi connectivity index (χ2n) is 12.1. The lowest BCUT2D eigenvalue weighted by atomic mass is 10.0. The van der Waals surface area contributed by atoms with Crippen LogP contribution in [0.2, 0.25) is 0 Å². The van der Waals surface area contributed by atoms with Crippen LogP contribution in [-0.2, 0) is 24.4 Å². The lowest BCUT2D eigenvalue weighted by molar-refractivity contribution is 0.0932. The van der Waals surface area contributed by atoms with Crippen LogP contribution >= 0.6 is 0 Å². The molecule has 3 aromatic heterocycles. The molecule has 13 heteroatoms. The van der Waals surface area contributed by atoms with E-state index in [9.17, 15) is 14.0 Å². The van der Waals surface area contributed by atoms with Crippen molar-refractivity contribution in [3.05, 3.63) is 131 Å². The van der Waals surface area contributed by atoms with Crippen LogP contribution in [0, 0.1) is 5.82 Å². The second kappa shape index (κ2) is 14.5. The first-order chi connectivity index (χ1) is 24.9. The zero-order chi connectivity index (χ0) is 35.3. The van der Waals surface area contributed by atoms with Crippen LogP contribution < -0.4 is 25.6 Å². The van der Waals surface area contributed by atoms with Gasteiger partial charge in [-0.15, -0.1) is 0 Å². The standard InChI is InChI=1S/C38H35FN8O4/c1-24-18-41-35(48)31-21-43-47-34(31)45-33(40-19-28-17-29(39)20-42-36(28)51-24)32(27-13-15-30(16-14-27)44-38(49)50-2)37(47)46(22-25-9-5-3-6-10-25)23-26-11-7-4-8-12-26/h3-17,20-21,24H,18-19,22-23H2,1-2H3,(H,40,45)(H,41,48)(H,44,49)/t24-/m0/s1. The molecule has 0 spiro atoms. The summed E-state index contributed by atoms with van der Waals surface area (Å²) in [5.41, 5.74) is 5.09. The summed E-state index contributed by atoms with van der Waals surface area (Å²) >= 11 is 0. The Balaban J connectivity index is 1.48. The molecule has 0 radical (unpaired) electrons. The van der Waals surface area contributed by atoms with E-state index in [4.69, 9.17) is 19.6 Å². The number of nitrogens with one attached hydrogen (secondary N) is 3. The maximum absolute atomic E-state index is 14.6. The van der Waals surface area contributed by atoms with Crippen LogP contribution in [0.3, 0.4) is 0 Å². The number of anilines is 3. The third-order valence-corrected chi connectivity index (χ3v) is 8.41. The van der Waals surface area contributed by atoms with E-state index >= 15 is 0 Å². The number of halogens is 1. The molecule has 51 heavy (non-hydrogen) atoms. The van der Waals surface area contributed by atoms with Crippen molar-refractivity contribution in [1.82, 2.24) is 24.9 Å². The molecule has 4 heterocycles. The monoisotopic (exact) mass is 686 g/mol. The molecule has 0 unspecified atom stereocenters. The van der Waals surface area contributed by atoms with Gasteiger partial charge in [-0.25, -0.2) is 19.2 Å². The summed E-state index contributed by atoms with van der Waals surface area (Å²) in [6, 6.07) is 28.7. The molecule has 3 N–H and O–H groups in total. The summed E-state index contributed by atoms with van der Waals surface area (Å²) in [4.78, 5) is 37.1. The maximum Gasteiger partial charge on any atom is 0.411 e. The van der Waals surface area contributed by atoms with E-state index in [1.165, 1.54) is 19.4 Å². The minimum Gasteiger partial charge on any atom is -0.473 e. The Kier molecular flexibility index (Phi) is 9.42. The fraction of sp³-hybridized carbons (Fsp3) is 0.184. The third kappa shape index (κ3) is 7.27. The minimum atomic E-state index is -0.596. The number of hydrogen-bond donors (Lipinski definition) is 3. The van der Waals surface area contributed by atoms with Crippen molar-refractivity contribution in [3.8, 4) is 17.0 Å². The SMILES string of the molecule is COC(=O)Nc1ccc(-c2c3nc4c(cnn4c2N(Cc2ccccc2)Cc2ccccc2)C(=O)NC[C@H](C)Oc2ncc(F)cc2CN3)cc1. The fourth-order valence-electron chi connectivity index (χ4n) is 5.97. The molecule has 1 aliphatic rings. The number of aromatic nitrogens is 4. The van der Waals surface area contributed by atoms with Gasteiger partial charge in [0.1, 0.15) is 29.1 Å². The van der Waals surface area contributed by atoms with Gasteiger partial charge < -0.3 is 25.0 Å². The highest BCUT2D eigenvalue weighted by Crippen LogP contribution is 2.40. The van der Waals surface area contributed by atoms with Crippen LogP contribution in [0.15, 0.2) is 103 Å². The number of hydrogen-bond acceptors (Lipinski definition) is 9. The first-order valence-electron chi connectivity index (χ1n) is 16.4. The lowest BCUT2D eigenvalue weighted by Crippen LogP contribution is -2.34. The first kappa shape index (κ1) is 33.0. The summed E-state index contributed by atoms with van der Waals surface area (Å²) in [7, 11) is 1.30. The molecule has 0 aliphatic carbocycles. The van der Waals surface area contributed by atoms with Gasteiger partial charge in [0.15, 0.2) is 5.65 Å². The fourth-order valence-corrected chi connectivity index (χ4v) is 5.97. The van der Waals surface area contributed by atoms with E-state index in [2.05, 4.69) is 50.1 Å². The van der Waals surface area contributed by atoms with Crippen molar-refractivity contribution in [2.75, 3.05) is 29.2 Å². The van der Waals surface area contributed by atoms with Crippen molar-refractivity contribution in [1.29, 1.82) is 0 Å². The second-order valence-corrected chi connectivity index (χ2v) is 12.1. The highest BCUT2D eigenvalue weighted by atomic mass is 19.1. The number of carbonyl (C=O) groups excluding carboxylic acids is 2. The van der Waals surface area contributed by atoms with E-state index in [1.807, 2.05) is 48.5 Å². The largest absolute Gasteiger partial charge is 0.473 e. The molecular weight excluding hydrogens is 651 g/mol. The Bertz CT molecular complexity index is 2140. The number of benzene rings is 3. The summed E-state index contributed by atoms with van der Waals surface area (Å²) in [6.07, 6.45) is 1.55. The number of nitrogens with zero attached hydrogens (tertiary/aromatic N) is 5. The molecule has 6 aromatic rings. The number of carbonyl (C=O) groups is 2. The summed E-state index contributed by atoms with van der Waals surface area (Å²) in [6.45, 7) is 3.03. The Labute approximate surface area is 293 Å². The molecule has 1 aliphatic heterocycles. The molecule has 2 amide bonds. The predicted molar refractivity (Wildman–Crippen MR) is 191 cm³/mol. The molecule has 3 aromatic carbocycles. The van der Waals surface area contributed by atoms with E-state index in [1.54, 1.807) is 23.6 Å². The highest BCUT2D eigenvalue weighted by Gasteiger charge is 2.28. The molecule has 258 valence electrons. The number of fused-ring (bicyclic) bond motifs is 2. The van der Waals surface area contributed by atoms with Gasteiger partial charge >= 0.3 is 6.09 Å². The number of rotatable bonds is 7. The normalized spacial score (nSPS) is 14.2. The molecule has 2 bridgehead atoms. The number of ether oxygens (including phenoxy) is 2. The van der Waals surface area contributed by atoms with Gasteiger partial charge in [-0.3, -0.25) is 10.1 Å². The Hall–Kier alpha value is -6.50. The topological polar surface area (TPSA) is 135 Å². The van der Waals surface area contributed by atoms with Gasteiger partial charge in [-0.2, -0.15) is 9.61 Å². The molecule has 1 atom stereocenters. The van der Waals surface area contributed by atoms with E-state index in [0.717, 1.165) is 22.9 Å². The van der Waals surface area contributed by atoms with Crippen molar-refractivity contribution >= 4 is 35.0 Å². The van der Waals surface area contributed by atoms with E-state index < -0.39 is 18.0 Å². The number of pyridine rings is 1. The van der Waals surface area contributed by atoms with Crippen molar-refractivity contribution in [3.63, 3.8) is 0 Å². The van der Waals surface area contributed by atoms with E-state index in [0.29, 0.717) is 47.2 Å². The van der Waals surface area contributed by atoms with Crippen molar-refractivity contribution < 1.29 is 23.5 Å². The Morgan fingerprint density at radius 2 is 1.69 bits per heavy atom. The molecule has 0 saturated carbocycles. The van der Waals surface area contributed by atoms with Crippen LogP contribution in [0.5, 0.6) is 5.88 Å². The van der Waals surface area contributed by atoms with Crippen LogP contribution in [0.4, 0.5) is 26.5 Å². The molecule has 7 rings (SSSR count). The van der Waals surface area contributed by atoms with Gasteiger partial charge in [-0.1, -0.05) is 72.8 Å². The summed E-state index contributed by atoms with van der Waals surface area (Å²) < 4.78 is 27.1. The zero-order valence-electron chi connectivity index (χ0n) is 28.0. The highest BCUT2D eigenvalue weighted by molar-refractivity contribution is 6.01. The predicted octanol–water partition coefficient (Wildman–Crippen LogP) is 6.44.